The van der Waals surface area contributed by atoms with Crippen LogP contribution in [-0.2, 0) is 11.3 Å². The lowest BCUT2D eigenvalue weighted by Gasteiger charge is -2.12. The van der Waals surface area contributed by atoms with Gasteiger partial charge in [0.25, 0.3) is 0 Å². The Hall–Kier alpha value is -1.27. The van der Waals surface area contributed by atoms with Crippen molar-refractivity contribution in [1.29, 1.82) is 0 Å². The fourth-order valence-electron chi connectivity index (χ4n) is 1.58. The normalized spacial score (nSPS) is 10.1. The molecule has 6 heteroatoms. The Morgan fingerprint density at radius 1 is 1.32 bits per heavy atom. The maximum atomic E-state index is 11.5. The maximum Gasteiger partial charge on any atom is 0.220 e. The second-order valence-electron chi connectivity index (χ2n) is 3.97. The predicted octanol–water partition coefficient (Wildman–Crippen LogP) is 1.82. The number of hydrogen-bond acceptors (Lipinski definition) is 4. The van der Waals surface area contributed by atoms with E-state index in [0.717, 1.165) is 10.0 Å². The number of rotatable bonds is 7. The van der Waals surface area contributed by atoms with Gasteiger partial charge in [0, 0.05) is 17.4 Å². The molecule has 0 heterocycles. The van der Waals surface area contributed by atoms with Crippen molar-refractivity contribution in [2.24, 2.45) is 5.73 Å². The molecular formula is C13H19BrN2O3. The van der Waals surface area contributed by atoms with Gasteiger partial charge in [-0.1, -0.05) is 15.9 Å². The van der Waals surface area contributed by atoms with Crippen LogP contribution in [0.5, 0.6) is 11.5 Å². The molecule has 0 saturated heterocycles. The van der Waals surface area contributed by atoms with E-state index >= 15 is 0 Å². The molecule has 0 unspecified atom stereocenters. The summed E-state index contributed by atoms with van der Waals surface area (Å²) < 4.78 is 11.3. The molecule has 3 N–H and O–H groups in total. The third kappa shape index (κ3) is 4.72. The number of carbonyl (C=O) groups excluding carboxylic acids is 1. The Balaban J connectivity index is 2.70. The minimum Gasteiger partial charge on any atom is -0.493 e. The second-order valence-corrected chi connectivity index (χ2v) is 4.82. The summed E-state index contributed by atoms with van der Waals surface area (Å²) in [6.45, 7) is 0.956. The van der Waals surface area contributed by atoms with Crippen LogP contribution in [0.25, 0.3) is 0 Å². The molecule has 1 amide bonds. The van der Waals surface area contributed by atoms with Gasteiger partial charge < -0.3 is 20.5 Å². The minimum atomic E-state index is -0.00728. The summed E-state index contributed by atoms with van der Waals surface area (Å²) >= 11 is 3.45. The van der Waals surface area contributed by atoms with Crippen LogP contribution in [0.1, 0.15) is 18.4 Å². The molecule has 5 nitrogen and oxygen atoms in total. The molecule has 0 radical (unpaired) electrons. The topological polar surface area (TPSA) is 73.6 Å². The van der Waals surface area contributed by atoms with Gasteiger partial charge in [0.2, 0.25) is 5.91 Å². The van der Waals surface area contributed by atoms with E-state index in [-0.39, 0.29) is 5.91 Å². The second kappa shape index (κ2) is 8.01. The Morgan fingerprint density at radius 3 is 2.53 bits per heavy atom. The summed E-state index contributed by atoms with van der Waals surface area (Å²) in [6.07, 6.45) is 1.14. The molecule has 0 bridgehead atoms. The highest BCUT2D eigenvalue weighted by atomic mass is 79.9. The summed E-state index contributed by atoms with van der Waals surface area (Å²) in [5.41, 5.74) is 6.29. The highest BCUT2D eigenvalue weighted by molar-refractivity contribution is 9.10. The molecule has 19 heavy (non-hydrogen) atoms. The number of nitrogens with one attached hydrogen (secondary N) is 1. The molecule has 1 aromatic carbocycles. The molecule has 0 saturated carbocycles. The van der Waals surface area contributed by atoms with Gasteiger partial charge in [-0.25, -0.2) is 0 Å². The number of benzene rings is 1. The molecule has 0 aliphatic heterocycles. The van der Waals surface area contributed by atoms with Gasteiger partial charge in [0.05, 0.1) is 14.2 Å². The summed E-state index contributed by atoms with van der Waals surface area (Å²) in [4.78, 5) is 11.5. The average Bonchev–Trinajstić information content (AvgIpc) is 2.43. The zero-order valence-electron chi connectivity index (χ0n) is 11.2. The molecule has 0 aliphatic rings. The maximum absolute atomic E-state index is 11.5. The molecule has 0 fully saturated rings. The number of amides is 1. The summed E-state index contributed by atoms with van der Waals surface area (Å²) in [7, 11) is 3.16. The van der Waals surface area contributed by atoms with Crippen LogP contribution in [0.2, 0.25) is 0 Å². The van der Waals surface area contributed by atoms with E-state index in [1.54, 1.807) is 14.2 Å². The highest BCUT2D eigenvalue weighted by Gasteiger charge is 2.10. The van der Waals surface area contributed by atoms with Crippen molar-refractivity contribution in [3.05, 3.63) is 22.2 Å². The standard InChI is InChI=1S/C13H19BrN2O3/c1-18-11-6-9(10(14)7-12(11)19-2)8-16-13(17)4-3-5-15/h6-7H,3-5,8,15H2,1-2H3,(H,16,17). The van der Waals surface area contributed by atoms with E-state index in [1.807, 2.05) is 12.1 Å². The SMILES string of the molecule is COc1cc(Br)c(CNC(=O)CCCN)cc1OC. The van der Waals surface area contributed by atoms with Gasteiger partial charge in [-0.05, 0) is 30.7 Å². The first-order valence-electron chi connectivity index (χ1n) is 5.99. The number of halogens is 1. The number of ether oxygens (including phenoxy) is 2. The molecule has 0 atom stereocenters. The quantitative estimate of drug-likeness (QED) is 0.799. The third-order valence-electron chi connectivity index (χ3n) is 2.64. The Kier molecular flexibility index (Phi) is 6.66. The van der Waals surface area contributed by atoms with E-state index in [0.29, 0.717) is 37.4 Å². The number of nitrogens with two attached hydrogens (primary N) is 1. The van der Waals surface area contributed by atoms with Crippen LogP contribution in [0.15, 0.2) is 16.6 Å². The summed E-state index contributed by atoms with van der Waals surface area (Å²) in [6, 6.07) is 3.66. The number of hydrogen-bond donors (Lipinski definition) is 2. The molecule has 106 valence electrons. The fraction of sp³-hybridized carbons (Fsp3) is 0.462. The van der Waals surface area contributed by atoms with E-state index in [1.165, 1.54) is 0 Å². The van der Waals surface area contributed by atoms with Crippen molar-refractivity contribution >= 4 is 21.8 Å². The Labute approximate surface area is 121 Å². The van der Waals surface area contributed by atoms with Gasteiger partial charge in [-0.15, -0.1) is 0 Å². The van der Waals surface area contributed by atoms with Crippen LogP contribution >= 0.6 is 15.9 Å². The smallest absolute Gasteiger partial charge is 0.220 e. The van der Waals surface area contributed by atoms with Crippen molar-refractivity contribution < 1.29 is 14.3 Å². The number of methoxy groups -OCH3 is 2. The zero-order chi connectivity index (χ0) is 14.3. The Morgan fingerprint density at radius 2 is 1.95 bits per heavy atom. The van der Waals surface area contributed by atoms with Gasteiger partial charge >= 0.3 is 0 Å². The van der Waals surface area contributed by atoms with Crippen LogP contribution in [0.4, 0.5) is 0 Å². The van der Waals surface area contributed by atoms with E-state index < -0.39 is 0 Å². The predicted molar refractivity (Wildman–Crippen MR) is 77.4 cm³/mol. The molecule has 0 aliphatic carbocycles. The average molecular weight is 331 g/mol. The fourth-order valence-corrected chi connectivity index (χ4v) is 2.04. The first kappa shape index (κ1) is 15.8. The van der Waals surface area contributed by atoms with Crippen molar-refractivity contribution in [1.82, 2.24) is 5.32 Å². The van der Waals surface area contributed by atoms with E-state index in [2.05, 4.69) is 21.2 Å². The zero-order valence-corrected chi connectivity index (χ0v) is 12.7. The molecule has 1 rings (SSSR count). The Bertz CT molecular complexity index is 438. The van der Waals surface area contributed by atoms with Crippen LogP contribution in [0, 0.1) is 0 Å². The van der Waals surface area contributed by atoms with Crippen molar-refractivity contribution in [3.8, 4) is 11.5 Å². The molecule has 0 spiro atoms. The van der Waals surface area contributed by atoms with Crippen LogP contribution in [0.3, 0.4) is 0 Å². The van der Waals surface area contributed by atoms with Crippen molar-refractivity contribution in [3.63, 3.8) is 0 Å². The van der Waals surface area contributed by atoms with Gasteiger partial charge in [0.15, 0.2) is 11.5 Å². The van der Waals surface area contributed by atoms with E-state index in [9.17, 15) is 4.79 Å². The highest BCUT2D eigenvalue weighted by Crippen LogP contribution is 2.33. The first-order valence-corrected chi connectivity index (χ1v) is 6.78. The largest absolute Gasteiger partial charge is 0.493 e. The first-order chi connectivity index (χ1) is 9.12. The lowest BCUT2D eigenvalue weighted by atomic mass is 10.2. The molecular weight excluding hydrogens is 312 g/mol. The minimum absolute atomic E-state index is 0.00728. The third-order valence-corrected chi connectivity index (χ3v) is 3.37. The molecule has 1 aromatic rings. The van der Waals surface area contributed by atoms with E-state index in [4.69, 9.17) is 15.2 Å². The lowest BCUT2D eigenvalue weighted by molar-refractivity contribution is -0.121. The lowest BCUT2D eigenvalue weighted by Crippen LogP contribution is -2.23. The van der Waals surface area contributed by atoms with Gasteiger partial charge in [-0.2, -0.15) is 0 Å². The van der Waals surface area contributed by atoms with Gasteiger partial charge in [0.1, 0.15) is 0 Å². The van der Waals surface area contributed by atoms with Crippen LogP contribution < -0.4 is 20.5 Å². The van der Waals surface area contributed by atoms with Crippen LogP contribution in [-0.4, -0.2) is 26.7 Å². The monoisotopic (exact) mass is 330 g/mol. The summed E-state index contributed by atoms with van der Waals surface area (Å²) in [5.74, 6) is 1.27. The molecule has 0 aromatic heterocycles. The van der Waals surface area contributed by atoms with Crippen molar-refractivity contribution in [2.45, 2.75) is 19.4 Å². The van der Waals surface area contributed by atoms with Gasteiger partial charge in [-0.3, -0.25) is 4.79 Å². The summed E-state index contributed by atoms with van der Waals surface area (Å²) in [5, 5.41) is 2.84. The number of carbonyl (C=O) groups is 1. The van der Waals surface area contributed by atoms with Crippen molar-refractivity contribution in [2.75, 3.05) is 20.8 Å².